The van der Waals surface area contributed by atoms with Gasteiger partial charge in [-0.05, 0) is 18.9 Å². The standard InChI is InChI=1S/C15H21F2NO3/c1-10(2)15(3,20)9-18-13(19)8-11-6-4-5-7-12(11)21-14(16)17/h4-7,10,14,20H,8-9H2,1-3H3,(H,18,19). The number of aliphatic hydroxyl groups is 1. The van der Waals surface area contributed by atoms with Crippen LogP contribution in [0.3, 0.4) is 0 Å². The molecule has 118 valence electrons. The number of hydrogen-bond acceptors (Lipinski definition) is 3. The molecule has 1 rings (SSSR count). The van der Waals surface area contributed by atoms with Crippen LogP contribution in [0.25, 0.3) is 0 Å². The molecule has 2 N–H and O–H groups in total. The second kappa shape index (κ2) is 7.36. The van der Waals surface area contributed by atoms with Crippen LogP contribution in [0.1, 0.15) is 26.3 Å². The molecule has 0 fully saturated rings. The summed E-state index contributed by atoms with van der Waals surface area (Å²) in [5.41, 5.74) is -0.645. The second-order valence-electron chi connectivity index (χ2n) is 5.45. The molecule has 1 aromatic carbocycles. The first-order chi connectivity index (χ1) is 9.72. The van der Waals surface area contributed by atoms with Gasteiger partial charge in [0.25, 0.3) is 0 Å². The Bertz CT molecular complexity index is 476. The predicted octanol–water partition coefficient (Wildman–Crippen LogP) is 2.35. The number of nitrogens with one attached hydrogen (secondary N) is 1. The van der Waals surface area contributed by atoms with Crippen LogP contribution < -0.4 is 10.1 Å². The zero-order valence-electron chi connectivity index (χ0n) is 12.4. The van der Waals surface area contributed by atoms with Gasteiger partial charge in [0.1, 0.15) is 5.75 Å². The number of benzene rings is 1. The van der Waals surface area contributed by atoms with Gasteiger partial charge < -0.3 is 15.2 Å². The van der Waals surface area contributed by atoms with Crippen molar-refractivity contribution in [2.75, 3.05) is 6.54 Å². The van der Waals surface area contributed by atoms with Gasteiger partial charge in [0.15, 0.2) is 0 Å². The van der Waals surface area contributed by atoms with E-state index < -0.39 is 12.2 Å². The summed E-state index contributed by atoms with van der Waals surface area (Å²) in [5.74, 6) is -0.397. The van der Waals surface area contributed by atoms with Crippen molar-refractivity contribution >= 4 is 5.91 Å². The number of para-hydroxylation sites is 1. The molecule has 21 heavy (non-hydrogen) atoms. The number of rotatable bonds is 7. The lowest BCUT2D eigenvalue weighted by atomic mass is 9.92. The van der Waals surface area contributed by atoms with Crippen LogP contribution >= 0.6 is 0 Å². The normalized spacial score (nSPS) is 14.1. The lowest BCUT2D eigenvalue weighted by molar-refractivity contribution is -0.122. The summed E-state index contributed by atoms with van der Waals surface area (Å²) in [4.78, 5) is 11.9. The van der Waals surface area contributed by atoms with Crippen LogP contribution in [0.5, 0.6) is 5.75 Å². The van der Waals surface area contributed by atoms with E-state index in [0.29, 0.717) is 5.56 Å². The molecule has 1 amide bonds. The molecule has 1 atom stereocenters. The SMILES string of the molecule is CC(C)C(C)(O)CNC(=O)Cc1ccccc1OC(F)F. The Labute approximate surface area is 123 Å². The zero-order chi connectivity index (χ0) is 16.0. The summed E-state index contributed by atoms with van der Waals surface area (Å²) in [5, 5.41) is 12.6. The molecule has 0 spiro atoms. The molecule has 0 aliphatic carbocycles. The van der Waals surface area contributed by atoms with Crippen LogP contribution in [0.4, 0.5) is 8.78 Å². The highest BCUT2D eigenvalue weighted by atomic mass is 19.3. The molecule has 6 heteroatoms. The average Bonchev–Trinajstić information content (AvgIpc) is 2.38. The fourth-order valence-corrected chi connectivity index (χ4v) is 1.58. The summed E-state index contributed by atoms with van der Waals surface area (Å²) in [6.45, 7) is 2.49. The first kappa shape index (κ1) is 17.4. The highest BCUT2D eigenvalue weighted by molar-refractivity contribution is 5.79. The minimum atomic E-state index is -2.93. The van der Waals surface area contributed by atoms with E-state index in [1.807, 2.05) is 13.8 Å². The average molecular weight is 301 g/mol. The van der Waals surface area contributed by atoms with Crippen molar-refractivity contribution in [1.82, 2.24) is 5.32 Å². The molecule has 0 saturated carbocycles. The first-order valence-corrected chi connectivity index (χ1v) is 6.74. The van der Waals surface area contributed by atoms with Crippen molar-refractivity contribution in [3.8, 4) is 5.75 Å². The lowest BCUT2D eigenvalue weighted by Gasteiger charge is -2.27. The van der Waals surface area contributed by atoms with Gasteiger partial charge in [-0.15, -0.1) is 0 Å². The molecule has 4 nitrogen and oxygen atoms in total. The highest BCUT2D eigenvalue weighted by Gasteiger charge is 2.25. The fourth-order valence-electron chi connectivity index (χ4n) is 1.58. The van der Waals surface area contributed by atoms with E-state index in [-0.39, 0.29) is 30.5 Å². The second-order valence-corrected chi connectivity index (χ2v) is 5.45. The molecule has 0 aliphatic heterocycles. The zero-order valence-corrected chi connectivity index (χ0v) is 12.4. The molecule has 0 saturated heterocycles. The Kier molecular flexibility index (Phi) is 6.08. The predicted molar refractivity (Wildman–Crippen MR) is 75.2 cm³/mol. The van der Waals surface area contributed by atoms with Crippen LogP contribution in [-0.4, -0.2) is 29.8 Å². The summed E-state index contributed by atoms with van der Waals surface area (Å²) >= 11 is 0. The van der Waals surface area contributed by atoms with E-state index in [2.05, 4.69) is 10.1 Å². The Morgan fingerprint density at radius 2 is 2.00 bits per heavy atom. The number of hydrogen-bond donors (Lipinski definition) is 2. The van der Waals surface area contributed by atoms with E-state index in [1.165, 1.54) is 6.07 Å². The molecule has 0 radical (unpaired) electrons. The molecule has 1 unspecified atom stereocenters. The molecular formula is C15H21F2NO3. The molecule has 0 heterocycles. The van der Waals surface area contributed by atoms with Crippen molar-refractivity contribution in [3.05, 3.63) is 29.8 Å². The fraction of sp³-hybridized carbons (Fsp3) is 0.533. The highest BCUT2D eigenvalue weighted by Crippen LogP contribution is 2.21. The quantitative estimate of drug-likeness (QED) is 0.813. The van der Waals surface area contributed by atoms with Crippen LogP contribution in [0.2, 0.25) is 0 Å². The Balaban J connectivity index is 2.63. The van der Waals surface area contributed by atoms with Crippen molar-refractivity contribution in [2.45, 2.75) is 39.4 Å². The van der Waals surface area contributed by atoms with Gasteiger partial charge in [0.05, 0.1) is 12.0 Å². The molecule has 0 bridgehead atoms. The maximum absolute atomic E-state index is 12.3. The number of amides is 1. The topological polar surface area (TPSA) is 58.6 Å². The molecule has 0 aromatic heterocycles. The summed E-state index contributed by atoms with van der Waals surface area (Å²) < 4.78 is 28.9. The smallest absolute Gasteiger partial charge is 0.387 e. The number of ether oxygens (including phenoxy) is 1. The van der Waals surface area contributed by atoms with Gasteiger partial charge >= 0.3 is 6.61 Å². The summed E-state index contributed by atoms with van der Waals surface area (Å²) in [7, 11) is 0. The summed E-state index contributed by atoms with van der Waals surface area (Å²) in [6, 6.07) is 6.14. The monoisotopic (exact) mass is 301 g/mol. The van der Waals surface area contributed by atoms with Crippen molar-refractivity contribution in [2.24, 2.45) is 5.92 Å². The molecular weight excluding hydrogens is 280 g/mol. The van der Waals surface area contributed by atoms with Gasteiger partial charge in [0.2, 0.25) is 5.91 Å². The van der Waals surface area contributed by atoms with E-state index in [4.69, 9.17) is 0 Å². The number of carbonyl (C=O) groups excluding carboxylic acids is 1. The maximum Gasteiger partial charge on any atom is 0.387 e. The van der Waals surface area contributed by atoms with Crippen molar-refractivity contribution in [3.63, 3.8) is 0 Å². The lowest BCUT2D eigenvalue weighted by Crippen LogP contribution is -2.44. The minimum Gasteiger partial charge on any atom is -0.435 e. The van der Waals surface area contributed by atoms with Crippen molar-refractivity contribution < 1.29 is 23.4 Å². The summed E-state index contributed by atoms with van der Waals surface area (Å²) in [6.07, 6.45) is -0.0862. The number of alkyl halides is 2. The van der Waals surface area contributed by atoms with Crippen molar-refractivity contribution in [1.29, 1.82) is 0 Å². The Morgan fingerprint density at radius 1 is 1.38 bits per heavy atom. The third-order valence-corrected chi connectivity index (χ3v) is 3.43. The third-order valence-electron chi connectivity index (χ3n) is 3.43. The van der Waals surface area contributed by atoms with E-state index in [9.17, 15) is 18.7 Å². The van der Waals surface area contributed by atoms with Crippen LogP contribution in [0.15, 0.2) is 24.3 Å². The number of halogens is 2. The van der Waals surface area contributed by atoms with E-state index in [0.717, 1.165) is 0 Å². The molecule has 1 aromatic rings. The Hall–Kier alpha value is -1.69. The maximum atomic E-state index is 12.3. The largest absolute Gasteiger partial charge is 0.435 e. The van der Waals surface area contributed by atoms with Gasteiger partial charge in [-0.1, -0.05) is 32.0 Å². The third kappa shape index (κ3) is 5.67. The first-order valence-electron chi connectivity index (χ1n) is 6.74. The minimum absolute atomic E-state index is 0.0155. The van der Waals surface area contributed by atoms with Gasteiger partial charge in [-0.25, -0.2) is 0 Å². The van der Waals surface area contributed by atoms with Crippen LogP contribution in [-0.2, 0) is 11.2 Å². The Morgan fingerprint density at radius 3 is 2.57 bits per heavy atom. The van der Waals surface area contributed by atoms with E-state index >= 15 is 0 Å². The van der Waals surface area contributed by atoms with Gasteiger partial charge in [-0.2, -0.15) is 8.78 Å². The van der Waals surface area contributed by atoms with E-state index in [1.54, 1.807) is 25.1 Å². The van der Waals surface area contributed by atoms with Gasteiger partial charge in [-0.3, -0.25) is 4.79 Å². The van der Waals surface area contributed by atoms with Gasteiger partial charge in [0, 0.05) is 12.1 Å². The molecule has 0 aliphatic rings. The van der Waals surface area contributed by atoms with Crippen LogP contribution in [0, 0.1) is 5.92 Å². The number of carbonyl (C=O) groups is 1.